The summed E-state index contributed by atoms with van der Waals surface area (Å²) in [7, 11) is 0. The number of hydrogen-bond acceptors (Lipinski definition) is 4. The van der Waals surface area contributed by atoms with Gasteiger partial charge in [-0.15, -0.1) is 0 Å². The maximum absolute atomic E-state index is 11.5. The third kappa shape index (κ3) is 4.73. The van der Waals surface area contributed by atoms with Gasteiger partial charge in [0, 0.05) is 5.69 Å². The molecule has 0 aliphatic carbocycles. The lowest BCUT2D eigenvalue weighted by atomic mass is 10.1. The van der Waals surface area contributed by atoms with E-state index < -0.39 is 17.7 Å². The van der Waals surface area contributed by atoms with Gasteiger partial charge in [-0.1, -0.05) is 12.1 Å². The highest BCUT2D eigenvalue weighted by Crippen LogP contribution is 2.15. The number of amides is 1. The zero-order valence-electron chi connectivity index (χ0n) is 10.9. The number of carbonyl (C=O) groups is 1. The van der Waals surface area contributed by atoms with Gasteiger partial charge in [0.05, 0.1) is 12.6 Å². The predicted octanol–water partition coefficient (Wildman–Crippen LogP) is 2.03. The van der Waals surface area contributed by atoms with Crippen LogP contribution in [0.1, 0.15) is 32.4 Å². The van der Waals surface area contributed by atoms with Gasteiger partial charge >= 0.3 is 6.09 Å². The minimum atomic E-state index is -0.525. The van der Waals surface area contributed by atoms with Gasteiger partial charge in [0.2, 0.25) is 0 Å². The number of carbonyl (C=O) groups excluding carboxylic acids is 1. The molecule has 0 bridgehead atoms. The number of aliphatic hydroxyl groups is 1. The van der Waals surface area contributed by atoms with Crippen LogP contribution in [0.2, 0.25) is 0 Å². The van der Waals surface area contributed by atoms with Crippen LogP contribution in [0.3, 0.4) is 0 Å². The SMILES string of the molecule is CC(C)(C)OC(=O)Nc1ccc([C@H](N)CO)cc1. The maximum Gasteiger partial charge on any atom is 0.412 e. The summed E-state index contributed by atoms with van der Waals surface area (Å²) >= 11 is 0. The molecule has 0 fully saturated rings. The van der Waals surface area contributed by atoms with E-state index in [4.69, 9.17) is 15.6 Å². The topological polar surface area (TPSA) is 84.6 Å². The number of hydrogen-bond donors (Lipinski definition) is 3. The Morgan fingerprint density at radius 3 is 2.39 bits per heavy atom. The molecule has 5 heteroatoms. The van der Waals surface area contributed by atoms with Crippen molar-refractivity contribution in [1.82, 2.24) is 0 Å². The fourth-order valence-corrected chi connectivity index (χ4v) is 1.34. The van der Waals surface area contributed by atoms with Crippen LogP contribution >= 0.6 is 0 Å². The van der Waals surface area contributed by atoms with Crippen molar-refractivity contribution in [2.24, 2.45) is 5.73 Å². The number of rotatable bonds is 3. The van der Waals surface area contributed by atoms with Crippen molar-refractivity contribution < 1.29 is 14.6 Å². The number of ether oxygens (including phenoxy) is 1. The molecule has 0 saturated heterocycles. The molecule has 100 valence electrons. The molecule has 18 heavy (non-hydrogen) atoms. The fourth-order valence-electron chi connectivity index (χ4n) is 1.34. The van der Waals surface area contributed by atoms with Crippen molar-refractivity contribution in [3.8, 4) is 0 Å². The number of anilines is 1. The largest absolute Gasteiger partial charge is 0.444 e. The molecule has 1 amide bonds. The van der Waals surface area contributed by atoms with Crippen LogP contribution in [0.5, 0.6) is 0 Å². The average Bonchev–Trinajstić information content (AvgIpc) is 2.26. The lowest BCUT2D eigenvalue weighted by Gasteiger charge is -2.19. The van der Waals surface area contributed by atoms with Gasteiger partial charge in [-0.3, -0.25) is 5.32 Å². The molecule has 0 spiro atoms. The zero-order valence-corrected chi connectivity index (χ0v) is 10.9. The van der Waals surface area contributed by atoms with Gasteiger partial charge in [-0.2, -0.15) is 0 Å². The highest BCUT2D eigenvalue weighted by molar-refractivity contribution is 5.84. The Balaban J connectivity index is 2.61. The first kappa shape index (κ1) is 14.5. The summed E-state index contributed by atoms with van der Waals surface area (Å²) in [5, 5.41) is 11.5. The van der Waals surface area contributed by atoms with Gasteiger partial charge < -0.3 is 15.6 Å². The standard InChI is InChI=1S/C13H20N2O3/c1-13(2,3)18-12(17)15-10-6-4-9(5-7-10)11(14)8-16/h4-7,11,16H,8,14H2,1-3H3,(H,15,17)/t11-/m1/s1. The van der Waals surface area contributed by atoms with E-state index in [1.54, 1.807) is 45.0 Å². The van der Waals surface area contributed by atoms with E-state index >= 15 is 0 Å². The van der Waals surface area contributed by atoms with Gasteiger partial charge in [0.15, 0.2) is 0 Å². The van der Waals surface area contributed by atoms with Crippen LogP contribution in [0.15, 0.2) is 24.3 Å². The third-order valence-corrected chi connectivity index (χ3v) is 2.18. The summed E-state index contributed by atoms with van der Waals surface area (Å²) < 4.78 is 5.13. The van der Waals surface area contributed by atoms with Crippen LogP contribution in [-0.4, -0.2) is 23.4 Å². The van der Waals surface area contributed by atoms with E-state index in [0.29, 0.717) is 5.69 Å². The molecule has 1 aromatic rings. The summed E-state index contributed by atoms with van der Waals surface area (Å²) in [5.74, 6) is 0. The molecule has 0 aliphatic rings. The molecule has 0 unspecified atom stereocenters. The molecule has 0 heterocycles. The predicted molar refractivity (Wildman–Crippen MR) is 70.3 cm³/mol. The second kappa shape index (κ2) is 5.84. The molecule has 0 radical (unpaired) electrons. The van der Waals surface area contributed by atoms with Gasteiger partial charge in [-0.05, 0) is 38.5 Å². The molecule has 0 saturated carbocycles. The van der Waals surface area contributed by atoms with Crippen LogP contribution in [0, 0.1) is 0 Å². The fraction of sp³-hybridized carbons (Fsp3) is 0.462. The third-order valence-electron chi connectivity index (χ3n) is 2.18. The van der Waals surface area contributed by atoms with Crippen LogP contribution in [0.4, 0.5) is 10.5 Å². The highest BCUT2D eigenvalue weighted by atomic mass is 16.6. The van der Waals surface area contributed by atoms with Crippen molar-refractivity contribution in [2.45, 2.75) is 32.4 Å². The number of benzene rings is 1. The molecular weight excluding hydrogens is 232 g/mol. The summed E-state index contributed by atoms with van der Waals surface area (Å²) in [6.07, 6.45) is -0.498. The van der Waals surface area contributed by atoms with E-state index in [9.17, 15) is 4.79 Å². The molecule has 1 aromatic carbocycles. The van der Waals surface area contributed by atoms with Crippen molar-refractivity contribution in [3.05, 3.63) is 29.8 Å². The van der Waals surface area contributed by atoms with Gasteiger partial charge in [0.25, 0.3) is 0 Å². The quantitative estimate of drug-likeness (QED) is 0.768. The summed E-state index contributed by atoms with van der Waals surface area (Å²) in [4.78, 5) is 11.5. The van der Waals surface area contributed by atoms with E-state index in [-0.39, 0.29) is 6.61 Å². The van der Waals surface area contributed by atoms with Crippen molar-refractivity contribution >= 4 is 11.8 Å². The minimum Gasteiger partial charge on any atom is -0.444 e. The average molecular weight is 252 g/mol. The summed E-state index contributed by atoms with van der Waals surface area (Å²) in [6.45, 7) is 5.29. The molecule has 0 aromatic heterocycles. The van der Waals surface area contributed by atoms with Crippen LogP contribution in [-0.2, 0) is 4.74 Å². The number of nitrogens with one attached hydrogen (secondary N) is 1. The zero-order chi connectivity index (χ0) is 13.8. The van der Waals surface area contributed by atoms with Crippen LogP contribution in [0.25, 0.3) is 0 Å². The van der Waals surface area contributed by atoms with E-state index in [1.165, 1.54) is 0 Å². The van der Waals surface area contributed by atoms with E-state index in [1.807, 2.05) is 0 Å². The highest BCUT2D eigenvalue weighted by Gasteiger charge is 2.16. The maximum atomic E-state index is 11.5. The molecule has 0 aliphatic heterocycles. The van der Waals surface area contributed by atoms with Gasteiger partial charge in [0.1, 0.15) is 5.60 Å². The Labute approximate surface area is 107 Å². The molecule has 4 N–H and O–H groups in total. The molecule has 5 nitrogen and oxygen atoms in total. The normalized spacial score (nSPS) is 12.9. The van der Waals surface area contributed by atoms with Crippen molar-refractivity contribution in [2.75, 3.05) is 11.9 Å². The van der Waals surface area contributed by atoms with Crippen molar-refractivity contribution in [1.29, 1.82) is 0 Å². The van der Waals surface area contributed by atoms with Crippen molar-refractivity contribution in [3.63, 3.8) is 0 Å². The van der Waals surface area contributed by atoms with Gasteiger partial charge in [-0.25, -0.2) is 4.79 Å². The number of nitrogens with two attached hydrogens (primary N) is 1. The first-order valence-corrected chi connectivity index (χ1v) is 5.78. The molecular formula is C13H20N2O3. The van der Waals surface area contributed by atoms with E-state index in [2.05, 4.69) is 5.32 Å². The first-order chi connectivity index (χ1) is 8.31. The minimum absolute atomic E-state index is 0.112. The van der Waals surface area contributed by atoms with Crippen LogP contribution < -0.4 is 11.1 Å². The second-order valence-electron chi connectivity index (χ2n) is 5.04. The Bertz CT molecular complexity index is 396. The Hall–Kier alpha value is -1.59. The Morgan fingerprint density at radius 2 is 1.94 bits per heavy atom. The number of aliphatic hydroxyl groups excluding tert-OH is 1. The summed E-state index contributed by atoms with van der Waals surface area (Å²) in [5.41, 5.74) is 6.58. The summed E-state index contributed by atoms with van der Waals surface area (Å²) in [6, 6.07) is 6.55. The lowest BCUT2D eigenvalue weighted by molar-refractivity contribution is 0.0636. The second-order valence-corrected chi connectivity index (χ2v) is 5.04. The molecule has 1 rings (SSSR count). The molecule has 1 atom stereocenters. The monoisotopic (exact) mass is 252 g/mol. The smallest absolute Gasteiger partial charge is 0.412 e. The lowest BCUT2D eigenvalue weighted by Crippen LogP contribution is -2.27. The van der Waals surface area contributed by atoms with E-state index in [0.717, 1.165) is 5.56 Å². The Morgan fingerprint density at radius 1 is 1.39 bits per heavy atom. The Kier molecular flexibility index (Phi) is 4.69. The first-order valence-electron chi connectivity index (χ1n) is 5.78.